The van der Waals surface area contributed by atoms with E-state index < -0.39 is 5.54 Å². The van der Waals surface area contributed by atoms with Gasteiger partial charge in [0.05, 0.1) is 13.5 Å². The molecule has 0 aliphatic rings. The highest BCUT2D eigenvalue weighted by Gasteiger charge is 2.32. The van der Waals surface area contributed by atoms with E-state index in [1.54, 1.807) is 6.92 Å². The van der Waals surface area contributed by atoms with Gasteiger partial charge in [0.15, 0.2) is 0 Å². The lowest BCUT2D eigenvalue weighted by Crippen LogP contribution is -2.56. The molecule has 0 aromatic heterocycles. The fourth-order valence-electron chi connectivity index (χ4n) is 1.26. The molecule has 78 valence electrons. The summed E-state index contributed by atoms with van der Waals surface area (Å²) in [5.41, 5.74) is 11.1. The van der Waals surface area contributed by atoms with Crippen LogP contribution in [0.25, 0.3) is 0 Å². The van der Waals surface area contributed by atoms with Gasteiger partial charge in [-0.25, -0.2) is 0 Å². The smallest absolute Gasteiger partial charge is 0.307 e. The zero-order valence-corrected chi connectivity index (χ0v) is 8.83. The third-order valence-corrected chi connectivity index (χ3v) is 2.23. The molecule has 13 heavy (non-hydrogen) atoms. The second kappa shape index (κ2) is 4.58. The van der Waals surface area contributed by atoms with E-state index in [4.69, 9.17) is 11.5 Å². The number of hydrogen-bond acceptors (Lipinski definition) is 4. The molecular formula is C9H20N2O2. The van der Waals surface area contributed by atoms with Crippen molar-refractivity contribution in [3.63, 3.8) is 0 Å². The molecule has 0 spiro atoms. The summed E-state index contributed by atoms with van der Waals surface area (Å²) in [6.45, 7) is 5.73. The van der Waals surface area contributed by atoms with Gasteiger partial charge >= 0.3 is 5.97 Å². The quantitative estimate of drug-likeness (QED) is 0.620. The monoisotopic (exact) mass is 188 g/mol. The third-order valence-electron chi connectivity index (χ3n) is 2.23. The molecule has 4 nitrogen and oxygen atoms in total. The van der Waals surface area contributed by atoms with E-state index in [1.807, 2.05) is 13.8 Å². The number of esters is 1. The van der Waals surface area contributed by atoms with Crippen LogP contribution in [0.3, 0.4) is 0 Å². The summed E-state index contributed by atoms with van der Waals surface area (Å²) in [6, 6.07) is -0.202. The number of hydrogen-bond donors (Lipinski definition) is 2. The highest BCUT2D eigenvalue weighted by atomic mass is 16.5. The number of methoxy groups -OCH3 is 1. The molecule has 2 unspecified atom stereocenters. The molecule has 0 rings (SSSR count). The summed E-state index contributed by atoms with van der Waals surface area (Å²) in [7, 11) is 1.35. The molecule has 0 saturated heterocycles. The first kappa shape index (κ1) is 12.4. The predicted molar refractivity (Wildman–Crippen MR) is 52.0 cm³/mol. The van der Waals surface area contributed by atoms with Crippen LogP contribution < -0.4 is 11.5 Å². The third kappa shape index (κ3) is 3.74. The van der Waals surface area contributed by atoms with E-state index in [2.05, 4.69) is 4.74 Å². The van der Waals surface area contributed by atoms with Crippen LogP contribution in [0.15, 0.2) is 0 Å². The Hall–Kier alpha value is -0.610. The van der Waals surface area contributed by atoms with E-state index in [9.17, 15) is 4.79 Å². The average molecular weight is 188 g/mol. The van der Waals surface area contributed by atoms with Crippen LogP contribution in [0.4, 0.5) is 0 Å². The van der Waals surface area contributed by atoms with E-state index in [-0.39, 0.29) is 24.3 Å². The Kier molecular flexibility index (Phi) is 4.36. The molecule has 0 fully saturated rings. The second-order valence-corrected chi connectivity index (χ2v) is 4.03. The van der Waals surface area contributed by atoms with Gasteiger partial charge in [-0.05, 0) is 12.8 Å². The minimum absolute atomic E-state index is 0.156. The normalized spacial score (nSPS) is 18.1. The van der Waals surface area contributed by atoms with Crippen LogP contribution in [0.2, 0.25) is 0 Å². The van der Waals surface area contributed by atoms with Gasteiger partial charge in [-0.2, -0.15) is 0 Å². The van der Waals surface area contributed by atoms with Crippen LogP contribution in [0, 0.1) is 5.92 Å². The van der Waals surface area contributed by atoms with Crippen molar-refractivity contribution < 1.29 is 9.53 Å². The van der Waals surface area contributed by atoms with E-state index in [0.717, 1.165) is 0 Å². The van der Waals surface area contributed by atoms with Crippen molar-refractivity contribution in [1.82, 2.24) is 0 Å². The molecule has 4 N–H and O–H groups in total. The minimum atomic E-state index is -0.693. The van der Waals surface area contributed by atoms with Crippen LogP contribution in [-0.2, 0) is 9.53 Å². The maximum atomic E-state index is 11.0. The molecule has 0 aromatic carbocycles. The topological polar surface area (TPSA) is 78.3 Å². The van der Waals surface area contributed by atoms with Crippen LogP contribution in [0.1, 0.15) is 27.2 Å². The van der Waals surface area contributed by atoms with Crippen molar-refractivity contribution in [1.29, 1.82) is 0 Å². The van der Waals surface area contributed by atoms with Gasteiger partial charge in [-0.15, -0.1) is 0 Å². The Morgan fingerprint density at radius 3 is 2.31 bits per heavy atom. The predicted octanol–water partition coefficient (Wildman–Crippen LogP) is 0.250. The number of nitrogens with two attached hydrogens (primary N) is 2. The first-order valence-electron chi connectivity index (χ1n) is 4.42. The maximum Gasteiger partial charge on any atom is 0.307 e. The van der Waals surface area contributed by atoms with Gasteiger partial charge in [-0.3, -0.25) is 4.79 Å². The number of rotatable bonds is 4. The molecule has 0 heterocycles. The zero-order chi connectivity index (χ0) is 10.6. The van der Waals surface area contributed by atoms with Crippen molar-refractivity contribution in [3.8, 4) is 0 Å². The van der Waals surface area contributed by atoms with Gasteiger partial charge in [0.25, 0.3) is 0 Å². The van der Waals surface area contributed by atoms with Gasteiger partial charge < -0.3 is 16.2 Å². The van der Waals surface area contributed by atoms with Crippen molar-refractivity contribution in [3.05, 3.63) is 0 Å². The molecule has 0 aromatic rings. The van der Waals surface area contributed by atoms with E-state index >= 15 is 0 Å². The summed E-state index contributed by atoms with van der Waals surface area (Å²) < 4.78 is 4.54. The molecule has 0 bridgehead atoms. The fourth-order valence-corrected chi connectivity index (χ4v) is 1.26. The Morgan fingerprint density at radius 1 is 1.54 bits per heavy atom. The van der Waals surface area contributed by atoms with Crippen molar-refractivity contribution >= 4 is 5.97 Å². The van der Waals surface area contributed by atoms with Crippen molar-refractivity contribution in [2.75, 3.05) is 7.11 Å². The lowest BCUT2D eigenvalue weighted by molar-refractivity contribution is -0.142. The molecule has 0 saturated carbocycles. The largest absolute Gasteiger partial charge is 0.469 e. The summed E-state index contributed by atoms with van der Waals surface area (Å²) in [6.07, 6.45) is 0.156. The number of carbonyl (C=O) groups excluding carboxylic acids is 1. The molecular weight excluding hydrogens is 168 g/mol. The Morgan fingerprint density at radius 2 is 2.00 bits per heavy atom. The second-order valence-electron chi connectivity index (χ2n) is 4.03. The standard InChI is InChI=1S/C9H20N2O2/c1-6(2)8(10)9(3,11)5-7(12)13-4/h6,8H,5,10-11H2,1-4H3. The van der Waals surface area contributed by atoms with Crippen LogP contribution >= 0.6 is 0 Å². The highest BCUT2D eigenvalue weighted by Crippen LogP contribution is 2.16. The first-order valence-corrected chi connectivity index (χ1v) is 4.42. The molecule has 4 heteroatoms. The summed E-state index contributed by atoms with van der Waals surface area (Å²) >= 11 is 0. The first-order chi connectivity index (χ1) is 5.81. The fraction of sp³-hybridized carbons (Fsp3) is 0.889. The molecule has 0 amide bonds. The molecule has 0 aliphatic carbocycles. The number of ether oxygens (including phenoxy) is 1. The zero-order valence-electron chi connectivity index (χ0n) is 8.83. The summed E-state index contributed by atoms with van der Waals surface area (Å²) in [5, 5.41) is 0. The average Bonchev–Trinajstić information content (AvgIpc) is 2.01. The van der Waals surface area contributed by atoms with Gasteiger partial charge in [0, 0.05) is 11.6 Å². The summed E-state index contributed by atoms with van der Waals surface area (Å²) in [5.74, 6) is -0.0687. The Bertz CT molecular complexity index is 178. The van der Waals surface area contributed by atoms with Gasteiger partial charge in [0.2, 0.25) is 0 Å². The molecule has 0 aliphatic heterocycles. The minimum Gasteiger partial charge on any atom is -0.469 e. The number of carbonyl (C=O) groups is 1. The Balaban J connectivity index is 4.29. The Labute approximate surface area is 79.6 Å². The van der Waals surface area contributed by atoms with Gasteiger partial charge in [0.1, 0.15) is 0 Å². The van der Waals surface area contributed by atoms with E-state index in [0.29, 0.717) is 0 Å². The molecule has 2 atom stereocenters. The summed E-state index contributed by atoms with van der Waals surface area (Å²) in [4.78, 5) is 11.0. The maximum absolute atomic E-state index is 11.0. The van der Waals surface area contributed by atoms with E-state index in [1.165, 1.54) is 7.11 Å². The molecule has 0 radical (unpaired) electrons. The SMILES string of the molecule is COC(=O)CC(C)(N)C(N)C(C)C. The van der Waals surface area contributed by atoms with Crippen molar-refractivity contribution in [2.45, 2.75) is 38.8 Å². The van der Waals surface area contributed by atoms with Gasteiger partial charge in [-0.1, -0.05) is 13.8 Å². The lowest BCUT2D eigenvalue weighted by atomic mass is 9.84. The van der Waals surface area contributed by atoms with Crippen LogP contribution in [-0.4, -0.2) is 24.7 Å². The lowest BCUT2D eigenvalue weighted by Gasteiger charge is -2.33. The van der Waals surface area contributed by atoms with Crippen molar-refractivity contribution in [2.24, 2.45) is 17.4 Å². The van der Waals surface area contributed by atoms with Crippen LogP contribution in [0.5, 0.6) is 0 Å². The highest BCUT2D eigenvalue weighted by molar-refractivity contribution is 5.70.